The van der Waals surface area contributed by atoms with Crippen molar-refractivity contribution in [3.63, 3.8) is 0 Å². The minimum Gasteiger partial charge on any atom is -0.478 e. The topological polar surface area (TPSA) is 75.3 Å². The number of carboxylic acid groups (broad SMARTS) is 1. The number of hydrazine groups is 1. The van der Waals surface area contributed by atoms with Crippen LogP contribution in [0.1, 0.15) is 0 Å². The summed E-state index contributed by atoms with van der Waals surface area (Å²) >= 11 is 0. The van der Waals surface area contributed by atoms with Gasteiger partial charge in [-0.2, -0.15) is 13.2 Å². The molecule has 0 saturated heterocycles. The molecule has 11 heavy (non-hydrogen) atoms. The molecule has 0 heterocycles. The summed E-state index contributed by atoms with van der Waals surface area (Å²) in [4.78, 5) is 9.74. The van der Waals surface area contributed by atoms with E-state index in [1.54, 1.807) is 0 Å². The molecule has 7 heteroatoms. The highest BCUT2D eigenvalue weighted by atomic mass is 19.4. The molecule has 0 rings (SSSR count). The Balaban J connectivity index is 4.54. The van der Waals surface area contributed by atoms with Crippen LogP contribution in [-0.2, 0) is 4.79 Å². The number of rotatable bonds is 2. The van der Waals surface area contributed by atoms with Crippen molar-refractivity contribution in [2.75, 3.05) is 0 Å². The maximum atomic E-state index is 11.6. The Labute approximate surface area is 59.5 Å². The predicted octanol–water partition coefficient (Wildman–Crippen LogP) is -0.0195. The third-order valence-electron chi connectivity index (χ3n) is 0.729. The van der Waals surface area contributed by atoms with Crippen LogP contribution in [0.5, 0.6) is 0 Å². The van der Waals surface area contributed by atoms with E-state index in [1.807, 2.05) is 0 Å². The van der Waals surface area contributed by atoms with Gasteiger partial charge in [-0.05, 0) is 0 Å². The van der Waals surface area contributed by atoms with Crippen molar-refractivity contribution in [3.05, 3.63) is 11.8 Å². The number of allylic oxidation sites excluding steroid dienone is 1. The number of aliphatic carboxylic acids is 1. The smallest absolute Gasteiger partial charge is 0.432 e. The summed E-state index contributed by atoms with van der Waals surface area (Å²) < 4.78 is 34.8. The molecule has 4 nitrogen and oxygen atoms in total. The lowest BCUT2D eigenvalue weighted by Crippen LogP contribution is -2.32. The minimum absolute atomic E-state index is 0.0556. The third kappa shape index (κ3) is 3.46. The minimum atomic E-state index is -4.76. The Morgan fingerprint density at radius 2 is 2.00 bits per heavy atom. The summed E-state index contributed by atoms with van der Waals surface area (Å²) in [6, 6.07) is 0. The van der Waals surface area contributed by atoms with Gasteiger partial charge in [-0.3, -0.25) is 5.84 Å². The summed E-state index contributed by atoms with van der Waals surface area (Å²) in [6.07, 6.45) is -4.81. The van der Waals surface area contributed by atoms with Crippen LogP contribution >= 0.6 is 0 Å². The van der Waals surface area contributed by atoms with Gasteiger partial charge in [0.2, 0.25) is 0 Å². The highest BCUT2D eigenvalue weighted by Crippen LogP contribution is 2.22. The molecular weight excluding hydrogens is 165 g/mol. The fourth-order valence-electron chi connectivity index (χ4n) is 0.329. The number of halogens is 3. The van der Waals surface area contributed by atoms with Gasteiger partial charge in [0, 0.05) is 0 Å². The van der Waals surface area contributed by atoms with E-state index in [0.29, 0.717) is 0 Å². The Morgan fingerprint density at radius 1 is 1.55 bits per heavy atom. The van der Waals surface area contributed by atoms with Crippen molar-refractivity contribution in [2.45, 2.75) is 6.18 Å². The van der Waals surface area contributed by atoms with E-state index in [1.165, 1.54) is 5.43 Å². The molecule has 0 aromatic rings. The van der Waals surface area contributed by atoms with Crippen LogP contribution in [0.25, 0.3) is 0 Å². The third-order valence-corrected chi connectivity index (χ3v) is 0.729. The molecule has 0 unspecified atom stereocenters. The fourth-order valence-corrected chi connectivity index (χ4v) is 0.329. The summed E-state index contributed by atoms with van der Waals surface area (Å²) in [7, 11) is 0. The van der Waals surface area contributed by atoms with Crippen LogP contribution in [0.2, 0.25) is 0 Å². The standard InChI is InChI=1S/C4H5F3N2O2/c5-4(6,7)2(9-8)1-3(10)11/h1,9H,8H2,(H,10,11)/b2-1-. The molecule has 0 radical (unpaired) electrons. The fraction of sp³-hybridized carbons (Fsp3) is 0.250. The quantitative estimate of drug-likeness (QED) is 0.309. The Hall–Kier alpha value is -1.24. The Morgan fingerprint density at radius 3 is 2.09 bits per heavy atom. The molecule has 64 valence electrons. The first-order valence-electron chi connectivity index (χ1n) is 2.36. The highest BCUT2D eigenvalue weighted by molar-refractivity contribution is 5.80. The van der Waals surface area contributed by atoms with Gasteiger partial charge >= 0.3 is 12.1 Å². The monoisotopic (exact) mass is 170 g/mol. The van der Waals surface area contributed by atoms with Gasteiger partial charge < -0.3 is 10.5 Å². The molecule has 0 atom stereocenters. The molecule has 0 aliphatic heterocycles. The first-order valence-corrected chi connectivity index (χ1v) is 2.36. The van der Waals surface area contributed by atoms with E-state index in [-0.39, 0.29) is 6.08 Å². The van der Waals surface area contributed by atoms with Gasteiger partial charge in [-0.15, -0.1) is 0 Å². The number of carboxylic acids is 1. The lowest BCUT2D eigenvalue weighted by molar-refractivity contribution is -0.133. The summed E-state index contributed by atoms with van der Waals surface area (Å²) in [5.74, 6) is 2.69. The lowest BCUT2D eigenvalue weighted by Gasteiger charge is -2.08. The van der Waals surface area contributed by atoms with Crippen molar-refractivity contribution in [1.82, 2.24) is 5.43 Å². The maximum absolute atomic E-state index is 11.6. The maximum Gasteiger partial charge on any atom is 0.432 e. The summed E-state index contributed by atoms with van der Waals surface area (Å²) in [6.45, 7) is 0. The second-order valence-electron chi connectivity index (χ2n) is 1.54. The zero-order valence-electron chi connectivity index (χ0n) is 5.14. The molecule has 0 aromatic carbocycles. The number of hydrogen-bond donors (Lipinski definition) is 3. The molecule has 0 aliphatic carbocycles. The Kier molecular flexibility index (Phi) is 2.87. The summed E-state index contributed by atoms with van der Waals surface area (Å²) in [5.41, 5.74) is -0.267. The molecule has 0 aliphatic rings. The van der Waals surface area contributed by atoms with E-state index in [4.69, 9.17) is 5.11 Å². The van der Waals surface area contributed by atoms with Crippen LogP contribution in [0.3, 0.4) is 0 Å². The van der Waals surface area contributed by atoms with E-state index >= 15 is 0 Å². The average Bonchev–Trinajstić information content (AvgIpc) is 1.79. The molecule has 0 aromatic heterocycles. The molecule has 0 saturated carbocycles. The first kappa shape index (κ1) is 9.76. The van der Waals surface area contributed by atoms with E-state index < -0.39 is 17.8 Å². The Bertz CT molecular complexity index is 186. The predicted molar refractivity (Wildman–Crippen MR) is 29.1 cm³/mol. The molecule has 4 N–H and O–H groups in total. The zero-order valence-corrected chi connectivity index (χ0v) is 5.14. The number of nitrogens with two attached hydrogens (primary N) is 1. The lowest BCUT2D eigenvalue weighted by atomic mass is 10.4. The number of nitrogens with one attached hydrogen (secondary N) is 1. The summed E-state index contributed by atoms with van der Waals surface area (Å²) in [5, 5.41) is 7.91. The largest absolute Gasteiger partial charge is 0.478 e. The van der Waals surface area contributed by atoms with E-state index in [2.05, 4.69) is 5.84 Å². The number of carbonyl (C=O) groups is 1. The SMILES string of the molecule is NN/C(=C\C(=O)O)C(F)(F)F. The second-order valence-corrected chi connectivity index (χ2v) is 1.54. The van der Waals surface area contributed by atoms with Crippen LogP contribution in [0.4, 0.5) is 13.2 Å². The van der Waals surface area contributed by atoms with Crippen LogP contribution < -0.4 is 11.3 Å². The van der Waals surface area contributed by atoms with E-state index in [9.17, 15) is 18.0 Å². The van der Waals surface area contributed by atoms with Crippen LogP contribution in [0, 0.1) is 0 Å². The zero-order chi connectivity index (χ0) is 9.07. The van der Waals surface area contributed by atoms with Crippen molar-refractivity contribution in [2.24, 2.45) is 5.84 Å². The average molecular weight is 170 g/mol. The number of hydrogen-bond acceptors (Lipinski definition) is 3. The van der Waals surface area contributed by atoms with Gasteiger partial charge in [0.25, 0.3) is 0 Å². The molecule has 0 spiro atoms. The van der Waals surface area contributed by atoms with Gasteiger partial charge in [-0.25, -0.2) is 4.79 Å². The van der Waals surface area contributed by atoms with Gasteiger partial charge in [0.1, 0.15) is 5.70 Å². The molecular formula is C4H5F3N2O2. The molecule has 0 bridgehead atoms. The highest BCUT2D eigenvalue weighted by Gasteiger charge is 2.33. The first-order chi connectivity index (χ1) is 4.88. The van der Waals surface area contributed by atoms with Gasteiger partial charge in [-0.1, -0.05) is 0 Å². The van der Waals surface area contributed by atoms with Crippen LogP contribution in [0.15, 0.2) is 11.8 Å². The van der Waals surface area contributed by atoms with Crippen molar-refractivity contribution < 1.29 is 23.1 Å². The van der Waals surface area contributed by atoms with Crippen LogP contribution in [-0.4, -0.2) is 17.3 Å². The van der Waals surface area contributed by atoms with Gasteiger partial charge in [0.15, 0.2) is 0 Å². The molecule has 0 fully saturated rings. The molecule has 0 amide bonds. The van der Waals surface area contributed by atoms with E-state index in [0.717, 1.165) is 0 Å². The second kappa shape index (κ2) is 3.24. The van der Waals surface area contributed by atoms with Crippen molar-refractivity contribution in [3.8, 4) is 0 Å². The normalized spacial score (nSPS) is 12.9. The van der Waals surface area contributed by atoms with Gasteiger partial charge in [0.05, 0.1) is 6.08 Å². The van der Waals surface area contributed by atoms with Crippen molar-refractivity contribution >= 4 is 5.97 Å². The van der Waals surface area contributed by atoms with Crippen molar-refractivity contribution in [1.29, 1.82) is 0 Å². The number of alkyl halides is 3.